The van der Waals surface area contributed by atoms with Crippen molar-refractivity contribution in [1.82, 2.24) is 15.0 Å². The van der Waals surface area contributed by atoms with E-state index in [9.17, 15) is 4.79 Å². The normalized spacial score (nSPS) is 16.2. The van der Waals surface area contributed by atoms with E-state index in [4.69, 9.17) is 4.52 Å². The van der Waals surface area contributed by atoms with Gasteiger partial charge >= 0.3 is 0 Å². The molecule has 128 valence electrons. The maximum atomic E-state index is 12.0. The Hall–Kier alpha value is -2.18. The van der Waals surface area contributed by atoms with Gasteiger partial charge in [-0.1, -0.05) is 35.0 Å². The molecule has 1 amide bonds. The molecule has 1 fully saturated rings. The molecule has 24 heavy (non-hydrogen) atoms. The van der Waals surface area contributed by atoms with Gasteiger partial charge in [0.1, 0.15) is 0 Å². The average Bonchev–Trinajstić information content (AvgIpc) is 2.94. The first-order chi connectivity index (χ1) is 11.6. The zero-order valence-electron chi connectivity index (χ0n) is 14.3. The molecule has 1 aliphatic heterocycles. The van der Waals surface area contributed by atoms with Gasteiger partial charge in [-0.15, -0.1) is 0 Å². The van der Waals surface area contributed by atoms with Gasteiger partial charge in [0, 0.05) is 38.8 Å². The van der Waals surface area contributed by atoms with Gasteiger partial charge in [0.05, 0.1) is 12.2 Å². The molecular weight excluding hydrogens is 304 g/mol. The Kier molecular flexibility index (Phi) is 5.27. The molecule has 0 spiro atoms. The number of carbonyl (C=O) groups is 1. The number of benzene rings is 1. The molecule has 1 aromatic carbocycles. The average molecular weight is 328 g/mol. The van der Waals surface area contributed by atoms with E-state index in [2.05, 4.69) is 51.5 Å². The number of piperazine rings is 1. The first-order valence-corrected chi connectivity index (χ1v) is 8.32. The summed E-state index contributed by atoms with van der Waals surface area (Å²) in [6.45, 7) is 9.05. The number of amides is 1. The Balaban J connectivity index is 1.42. The molecule has 0 aliphatic carbocycles. The second-order valence-electron chi connectivity index (χ2n) is 6.42. The summed E-state index contributed by atoms with van der Waals surface area (Å²) in [5.41, 5.74) is 3.41. The van der Waals surface area contributed by atoms with Crippen molar-refractivity contribution in [3.63, 3.8) is 0 Å². The van der Waals surface area contributed by atoms with E-state index < -0.39 is 0 Å². The minimum absolute atomic E-state index is 0.0571. The van der Waals surface area contributed by atoms with E-state index in [1.807, 2.05) is 6.92 Å². The van der Waals surface area contributed by atoms with Crippen molar-refractivity contribution in [1.29, 1.82) is 0 Å². The predicted molar refractivity (Wildman–Crippen MR) is 92.8 cm³/mol. The standard InChI is InChI=1S/C18H24N4O2/c1-14-4-3-5-16(10-14)12-21-6-8-22(9-7-21)13-17(23)19-18-11-15(2)20-24-18/h3-5,10-11H,6-9,12-13H2,1-2H3,(H,19,23). The fourth-order valence-corrected chi connectivity index (χ4v) is 2.98. The van der Waals surface area contributed by atoms with Gasteiger partial charge in [0.2, 0.25) is 11.8 Å². The lowest BCUT2D eigenvalue weighted by Crippen LogP contribution is -2.48. The third-order valence-electron chi connectivity index (χ3n) is 4.21. The van der Waals surface area contributed by atoms with Gasteiger partial charge in [0.15, 0.2) is 0 Å². The largest absolute Gasteiger partial charge is 0.338 e. The van der Waals surface area contributed by atoms with Crippen LogP contribution in [0.25, 0.3) is 0 Å². The van der Waals surface area contributed by atoms with Crippen LogP contribution in [0.15, 0.2) is 34.9 Å². The first-order valence-electron chi connectivity index (χ1n) is 8.32. The maximum absolute atomic E-state index is 12.0. The van der Waals surface area contributed by atoms with E-state index in [1.54, 1.807) is 6.07 Å². The Bertz CT molecular complexity index is 690. The molecule has 1 aromatic heterocycles. The maximum Gasteiger partial charge on any atom is 0.240 e. The molecule has 6 nitrogen and oxygen atoms in total. The van der Waals surface area contributed by atoms with Crippen molar-refractivity contribution in [2.24, 2.45) is 0 Å². The Morgan fingerprint density at radius 2 is 1.92 bits per heavy atom. The summed E-state index contributed by atoms with van der Waals surface area (Å²) in [5.74, 6) is 0.355. The fourth-order valence-electron chi connectivity index (χ4n) is 2.98. The van der Waals surface area contributed by atoms with Crippen LogP contribution in [0.4, 0.5) is 5.88 Å². The van der Waals surface area contributed by atoms with E-state index in [1.165, 1.54) is 11.1 Å². The lowest BCUT2D eigenvalue weighted by Gasteiger charge is -2.34. The molecule has 1 aliphatic rings. The molecule has 1 saturated heterocycles. The van der Waals surface area contributed by atoms with Crippen LogP contribution in [0.5, 0.6) is 0 Å². The number of aryl methyl sites for hydroxylation is 2. The summed E-state index contributed by atoms with van der Waals surface area (Å²) in [5, 5.41) is 6.51. The molecule has 0 bridgehead atoms. The summed E-state index contributed by atoms with van der Waals surface area (Å²) in [6, 6.07) is 10.4. The number of nitrogens with one attached hydrogen (secondary N) is 1. The highest BCUT2D eigenvalue weighted by atomic mass is 16.5. The monoisotopic (exact) mass is 328 g/mol. The Morgan fingerprint density at radius 1 is 1.17 bits per heavy atom. The smallest absolute Gasteiger partial charge is 0.240 e. The van der Waals surface area contributed by atoms with Crippen LogP contribution in [-0.2, 0) is 11.3 Å². The molecule has 6 heteroatoms. The minimum Gasteiger partial charge on any atom is -0.338 e. The highest BCUT2D eigenvalue weighted by molar-refractivity contribution is 5.90. The number of carbonyl (C=O) groups excluding carboxylic acids is 1. The van der Waals surface area contributed by atoms with E-state index in [0.717, 1.165) is 38.4 Å². The summed E-state index contributed by atoms with van der Waals surface area (Å²) < 4.78 is 5.01. The minimum atomic E-state index is -0.0571. The fraction of sp³-hybridized carbons (Fsp3) is 0.444. The summed E-state index contributed by atoms with van der Waals surface area (Å²) in [4.78, 5) is 16.7. The van der Waals surface area contributed by atoms with E-state index in [-0.39, 0.29) is 5.91 Å². The molecule has 0 unspecified atom stereocenters. The topological polar surface area (TPSA) is 61.6 Å². The number of rotatable bonds is 5. The molecule has 1 N–H and O–H groups in total. The zero-order chi connectivity index (χ0) is 16.9. The van der Waals surface area contributed by atoms with Crippen LogP contribution >= 0.6 is 0 Å². The number of anilines is 1. The third-order valence-corrected chi connectivity index (χ3v) is 4.21. The van der Waals surface area contributed by atoms with Gasteiger partial charge in [-0.25, -0.2) is 0 Å². The third kappa shape index (κ3) is 4.66. The molecule has 0 atom stereocenters. The van der Waals surface area contributed by atoms with Crippen molar-refractivity contribution >= 4 is 11.8 Å². The van der Waals surface area contributed by atoms with E-state index in [0.29, 0.717) is 12.4 Å². The molecule has 0 saturated carbocycles. The van der Waals surface area contributed by atoms with Crippen LogP contribution in [0.2, 0.25) is 0 Å². The number of hydrogen-bond acceptors (Lipinski definition) is 5. The quantitative estimate of drug-likeness (QED) is 0.910. The highest BCUT2D eigenvalue weighted by Crippen LogP contribution is 2.11. The molecule has 0 radical (unpaired) electrons. The SMILES string of the molecule is Cc1cccc(CN2CCN(CC(=O)Nc3cc(C)no3)CC2)c1. The van der Waals surface area contributed by atoms with Gasteiger partial charge in [-0.05, 0) is 19.4 Å². The first kappa shape index (κ1) is 16.7. The van der Waals surface area contributed by atoms with Crippen LogP contribution in [0, 0.1) is 13.8 Å². The summed E-state index contributed by atoms with van der Waals surface area (Å²) >= 11 is 0. The van der Waals surface area contributed by atoms with Gasteiger partial charge < -0.3 is 4.52 Å². The lowest BCUT2D eigenvalue weighted by molar-refractivity contribution is -0.117. The molecule has 3 rings (SSSR count). The number of aromatic nitrogens is 1. The predicted octanol–water partition coefficient (Wildman–Crippen LogP) is 2.05. The summed E-state index contributed by atoms with van der Waals surface area (Å²) in [6.07, 6.45) is 0. The van der Waals surface area contributed by atoms with Crippen molar-refractivity contribution in [3.8, 4) is 0 Å². The molecule has 2 heterocycles. The Morgan fingerprint density at radius 3 is 2.58 bits per heavy atom. The lowest BCUT2D eigenvalue weighted by atomic mass is 10.1. The molecular formula is C18H24N4O2. The molecule has 2 aromatic rings. The van der Waals surface area contributed by atoms with Crippen molar-refractivity contribution in [2.45, 2.75) is 20.4 Å². The van der Waals surface area contributed by atoms with Gasteiger partial charge in [0.25, 0.3) is 0 Å². The van der Waals surface area contributed by atoms with E-state index >= 15 is 0 Å². The van der Waals surface area contributed by atoms with Crippen LogP contribution < -0.4 is 5.32 Å². The van der Waals surface area contributed by atoms with Crippen molar-refractivity contribution in [2.75, 3.05) is 38.0 Å². The highest BCUT2D eigenvalue weighted by Gasteiger charge is 2.19. The van der Waals surface area contributed by atoms with Crippen molar-refractivity contribution < 1.29 is 9.32 Å². The summed E-state index contributed by atoms with van der Waals surface area (Å²) in [7, 11) is 0. The number of hydrogen-bond donors (Lipinski definition) is 1. The van der Waals surface area contributed by atoms with Crippen molar-refractivity contribution in [3.05, 3.63) is 47.2 Å². The second-order valence-corrected chi connectivity index (χ2v) is 6.42. The second kappa shape index (κ2) is 7.59. The van der Waals surface area contributed by atoms with Crippen LogP contribution in [0.1, 0.15) is 16.8 Å². The van der Waals surface area contributed by atoms with Gasteiger partial charge in [-0.3, -0.25) is 19.9 Å². The number of nitrogens with zero attached hydrogens (tertiary/aromatic N) is 3. The van der Waals surface area contributed by atoms with Crippen LogP contribution in [-0.4, -0.2) is 53.6 Å². The van der Waals surface area contributed by atoms with Crippen LogP contribution in [0.3, 0.4) is 0 Å². The van der Waals surface area contributed by atoms with Gasteiger partial charge in [-0.2, -0.15) is 0 Å². The zero-order valence-corrected chi connectivity index (χ0v) is 14.3. The Labute approximate surface area is 142 Å².